The number of thiophene rings is 1. The van der Waals surface area contributed by atoms with Gasteiger partial charge in [-0.2, -0.15) is 0 Å². The molecule has 0 N–H and O–H groups in total. The Labute approximate surface area is 143 Å². The monoisotopic (exact) mass is 348 g/mol. The van der Waals surface area contributed by atoms with Crippen LogP contribution >= 0.6 is 22.9 Å². The Morgan fingerprint density at radius 1 is 1.22 bits per heavy atom. The number of carbonyl (C=O) groups excluding carboxylic acids is 1. The normalized spacial score (nSPS) is 11.8. The van der Waals surface area contributed by atoms with Crippen molar-refractivity contribution in [2.24, 2.45) is 0 Å². The van der Waals surface area contributed by atoms with Crippen LogP contribution in [0.3, 0.4) is 0 Å². The predicted octanol–water partition coefficient (Wildman–Crippen LogP) is 5.43. The summed E-state index contributed by atoms with van der Waals surface area (Å²) in [6.45, 7) is 5.52. The van der Waals surface area contributed by atoms with E-state index < -0.39 is 5.60 Å². The molecule has 3 nitrogen and oxygen atoms in total. The highest BCUT2D eigenvalue weighted by Crippen LogP contribution is 2.43. The van der Waals surface area contributed by atoms with Gasteiger partial charge in [0.25, 0.3) is 0 Å². The third-order valence-electron chi connectivity index (χ3n) is 3.57. The van der Waals surface area contributed by atoms with E-state index in [0.717, 1.165) is 20.2 Å². The first-order chi connectivity index (χ1) is 10.9. The van der Waals surface area contributed by atoms with Gasteiger partial charge < -0.3 is 9.47 Å². The number of benzene rings is 2. The van der Waals surface area contributed by atoms with Gasteiger partial charge in [0, 0.05) is 15.5 Å². The molecule has 0 unspecified atom stereocenters. The summed E-state index contributed by atoms with van der Waals surface area (Å²) in [5, 5.41) is 2.74. The fourth-order valence-electron chi connectivity index (χ4n) is 2.47. The molecule has 0 aliphatic carbocycles. The van der Waals surface area contributed by atoms with Gasteiger partial charge in [-0.25, -0.2) is 4.79 Å². The molecule has 0 saturated carbocycles. The van der Waals surface area contributed by atoms with Gasteiger partial charge in [-0.05, 0) is 39.0 Å². The lowest BCUT2D eigenvalue weighted by molar-refractivity contribution is -0.158. The number of hydrogen-bond acceptors (Lipinski definition) is 4. The molecular formula is C18H17ClO3S. The molecule has 0 fully saturated rings. The zero-order valence-corrected chi connectivity index (χ0v) is 14.8. The quantitative estimate of drug-likeness (QED) is 0.590. The van der Waals surface area contributed by atoms with Crippen LogP contribution in [-0.2, 0) is 9.53 Å². The van der Waals surface area contributed by atoms with Crippen LogP contribution in [0.4, 0.5) is 0 Å². The Kier molecular flexibility index (Phi) is 4.21. The first-order valence-electron chi connectivity index (χ1n) is 7.40. The first kappa shape index (κ1) is 16.1. The van der Waals surface area contributed by atoms with Crippen LogP contribution in [0.15, 0.2) is 36.4 Å². The van der Waals surface area contributed by atoms with Gasteiger partial charge in [0.2, 0.25) is 0 Å². The van der Waals surface area contributed by atoms with Crippen molar-refractivity contribution in [1.82, 2.24) is 0 Å². The number of hydrogen-bond donors (Lipinski definition) is 0. The van der Waals surface area contributed by atoms with Crippen molar-refractivity contribution in [3.05, 3.63) is 41.4 Å². The molecule has 2 aromatic carbocycles. The molecule has 1 heterocycles. The van der Waals surface area contributed by atoms with Gasteiger partial charge in [-0.15, -0.1) is 11.3 Å². The second-order valence-corrected chi connectivity index (χ2v) is 7.14. The lowest BCUT2D eigenvalue weighted by Gasteiger charge is -2.24. The summed E-state index contributed by atoms with van der Waals surface area (Å²) < 4.78 is 13.2. The minimum absolute atomic E-state index is 0.324. The van der Waals surface area contributed by atoms with Gasteiger partial charge in [0.15, 0.2) is 5.60 Å². The third kappa shape index (κ3) is 2.89. The zero-order chi connectivity index (χ0) is 16.6. The molecule has 3 rings (SSSR count). The summed E-state index contributed by atoms with van der Waals surface area (Å²) in [4.78, 5) is 12.1. The average Bonchev–Trinajstić information content (AvgIpc) is 2.91. The zero-order valence-electron chi connectivity index (χ0n) is 13.2. The van der Waals surface area contributed by atoms with Crippen molar-refractivity contribution in [3.63, 3.8) is 0 Å². The van der Waals surface area contributed by atoms with Gasteiger partial charge in [0.05, 0.1) is 16.3 Å². The molecule has 120 valence electrons. The molecule has 0 bridgehead atoms. The maximum atomic E-state index is 12.1. The minimum Gasteiger partial charge on any atom is -0.475 e. The number of carbonyl (C=O) groups is 1. The Balaban J connectivity index is 2.12. The van der Waals surface area contributed by atoms with Gasteiger partial charge in [0.1, 0.15) is 5.75 Å². The number of esters is 1. The first-order valence-corrected chi connectivity index (χ1v) is 8.59. The van der Waals surface area contributed by atoms with Crippen molar-refractivity contribution < 1.29 is 14.3 Å². The van der Waals surface area contributed by atoms with Gasteiger partial charge in [-0.3, -0.25) is 0 Å². The molecule has 1 aromatic heterocycles. The molecule has 3 aromatic rings. The molecule has 0 radical (unpaired) electrons. The summed E-state index contributed by atoms with van der Waals surface area (Å²) in [6, 6.07) is 11.7. The molecule has 0 atom stereocenters. The molecule has 0 spiro atoms. The Bertz CT molecular complexity index is 882. The van der Waals surface area contributed by atoms with Gasteiger partial charge >= 0.3 is 5.97 Å². The van der Waals surface area contributed by atoms with Crippen LogP contribution in [0.1, 0.15) is 20.8 Å². The van der Waals surface area contributed by atoms with E-state index in [0.29, 0.717) is 17.4 Å². The molecule has 0 aliphatic heterocycles. The Hall–Kier alpha value is -1.78. The van der Waals surface area contributed by atoms with E-state index in [1.807, 2.05) is 18.2 Å². The van der Waals surface area contributed by atoms with Crippen molar-refractivity contribution >= 4 is 49.1 Å². The Morgan fingerprint density at radius 2 is 1.96 bits per heavy atom. The second-order valence-electron chi connectivity index (χ2n) is 5.68. The Morgan fingerprint density at radius 3 is 2.70 bits per heavy atom. The molecule has 23 heavy (non-hydrogen) atoms. The van der Waals surface area contributed by atoms with Crippen LogP contribution in [0, 0.1) is 0 Å². The van der Waals surface area contributed by atoms with E-state index in [4.69, 9.17) is 21.1 Å². The highest BCUT2D eigenvalue weighted by Gasteiger charge is 2.32. The number of rotatable bonds is 4. The SMILES string of the molecule is CCOC(=O)C(C)(C)Oc1ccc(Cl)c2c1sc1ccccc12. The van der Waals surface area contributed by atoms with Crippen molar-refractivity contribution in [2.45, 2.75) is 26.4 Å². The van der Waals surface area contributed by atoms with Crippen LogP contribution in [0.2, 0.25) is 5.02 Å². The molecule has 0 amide bonds. The summed E-state index contributed by atoms with van der Waals surface area (Å²) in [5.41, 5.74) is -1.06. The van der Waals surface area contributed by atoms with E-state index >= 15 is 0 Å². The molecule has 5 heteroatoms. The van der Waals surface area contributed by atoms with Crippen molar-refractivity contribution in [3.8, 4) is 5.75 Å². The smallest absolute Gasteiger partial charge is 0.349 e. The van der Waals surface area contributed by atoms with E-state index in [-0.39, 0.29) is 5.97 Å². The molecule has 0 saturated heterocycles. The van der Waals surface area contributed by atoms with E-state index in [1.165, 1.54) is 0 Å². The topological polar surface area (TPSA) is 35.5 Å². The van der Waals surface area contributed by atoms with Crippen LogP contribution in [0.25, 0.3) is 20.2 Å². The van der Waals surface area contributed by atoms with Crippen LogP contribution < -0.4 is 4.74 Å². The highest BCUT2D eigenvalue weighted by molar-refractivity contribution is 7.26. The van der Waals surface area contributed by atoms with Crippen molar-refractivity contribution in [1.29, 1.82) is 0 Å². The van der Waals surface area contributed by atoms with Gasteiger partial charge in [-0.1, -0.05) is 29.8 Å². The van der Waals surface area contributed by atoms with Crippen molar-refractivity contribution in [2.75, 3.05) is 6.61 Å². The van der Waals surface area contributed by atoms with Crippen LogP contribution in [-0.4, -0.2) is 18.2 Å². The number of ether oxygens (including phenoxy) is 2. The third-order valence-corrected chi connectivity index (χ3v) is 5.07. The van der Waals surface area contributed by atoms with E-state index in [9.17, 15) is 4.79 Å². The number of fused-ring (bicyclic) bond motifs is 3. The fraction of sp³-hybridized carbons (Fsp3) is 0.278. The fourth-order valence-corrected chi connectivity index (χ4v) is 3.96. The predicted molar refractivity (Wildman–Crippen MR) is 95.7 cm³/mol. The highest BCUT2D eigenvalue weighted by atomic mass is 35.5. The molecule has 0 aliphatic rings. The maximum absolute atomic E-state index is 12.1. The summed E-state index contributed by atoms with van der Waals surface area (Å²) >= 11 is 8.00. The lowest BCUT2D eigenvalue weighted by atomic mass is 10.1. The van der Waals surface area contributed by atoms with Crippen LogP contribution in [0.5, 0.6) is 5.75 Å². The van der Waals surface area contributed by atoms with E-state index in [2.05, 4.69) is 6.07 Å². The summed E-state index contributed by atoms with van der Waals surface area (Å²) in [6.07, 6.45) is 0. The lowest BCUT2D eigenvalue weighted by Crippen LogP contribution is -2.39. The maximum Gasteiger partial charge on any atom is 0.349 e. The average molecular weight is 349 g/mol. The standard InChI is InChI=1S/C18H17ClO3S/c1-4-21-17(20)18(2,3)22-13-10-9-12(19)15-11-7-5-6-8-14(11)23-16(13)15/h5-10H,4H2,1-3H3. The van der Waals surface area contributed by atoms with E-state index in [1.54, 1.807) is 44.2 Å². The minimum atomic E-state index is -1.06. The summed E-state index contributed by atoms with van der Waals surface area (Å²) in [5.74, 6) is 0.257. The number of halogens is 1. The molecular weight excluding hydrogens is 332 g/mol. The second kappa shape index (κ2) is 6.02. The summed E-state index contributed by atoms with van der Waals surface area (Å²) in [7, 11) is 0. The largest absolute Gasteiger partial charge is 0.475 e.